The maximum atomic E-state index is 12.1. The number of amides is 1. The molecule has 1 saturated heterocycles. The van der Waals surface area contributed by atoms with Gasteiger partial charge in [0.2, 0.25) is 0 Å². The number of likely N-dealkylation sites (tertiary alicyclic amines) is 1. The average molecular weight is 279 g/mol. The highest BCUT2D eigenvalue weighted by Crippen LogP contribution is 2.27. The van der Waals surface area contributed by atoms with Crippen LogP contribution in [0.1, 0.15) is 18.4 Å². The number of nitrogens with one attached hydrogen (secondary N) is 2. The van der Waals surface area contributed by atoms with E-state index in [4.69, 9.17) is 9.47 Å². The van der Waals surface area contributed by atoms with Gasteiger partial charge in [0.15, 0.2) is 17.5 Å². The van der Waals surface area contributed by atoms with E-state index in [0.717, 1.165) is 24.9 Å². The van der Waals surface area contributed by atoms with Crippen molar-refractivity contribution in [1.29, 1.82) is 0 Å². The third-order valence-corrected chi connectivity index (χ3v) is 3.89. The molecule has 0 aromatic heterocycles. The summed E-state index contributed by atoms with van der Waals surface area (Å²) in [4.78, 5) is 13.4. The first-order valence-corrected chi connectivity index (χ1v) is 6.96. The molecule has 0 saturated carbocycles. The van der Waals surface area contributed by atoms with Crippen molar-refractivity contribution in [2.75, 3.05) is 27.8 Å². The first-order valence-electron chi connectivity index (χ1n) is 6.96. The molecule has 0 radical (unpaired) electrons. The van der Waals surface area contributed by atoms with E-state index in [1.165, 1.54) is 4.90 Å². The summed E-state index contributed by atoms with van der Waals surface area (Å²) in [6, 6.07) is 5.78. The van der Waals surface area contributed by atoms with E-state index in [1.807, 2.05) is 18.2 Å². The summed E-state index contributed by atoms with van der Waals surface area (Å²) in [6.07, 6.45) is 2.10. The topological polar surface area (TPSA) is 52.0 Å². The minimum Gasteiger partial charge on any atom is -0.493 e. The first kappa shape index (κ1) is 14.7. The molecule has 1 aliphatic heterocycles. The SMILES string of the molecule is COc1ccc(CNC(=O)C2CCC[NH+]2C)cc1OC. The number of benzene rings is 1. The molecule has 110 valence electrons. The number of rotatable bonds is 5. The second kappa shape index (κ2) is 6.61. The van der Waals surface area contributed by atoms with Gasteiger partial charge in [-0.15, -0.1) is 0 Å². The van der Waals surface area contributed by atoms with Crippen molar-refractivity contribution in [3.63, 3.8) is 0 Å². The third kappa shape index (κ3) is 3.22. The molecule has 1 amide bonds. The Morgan fingerprint density at radius 3 is 2.70 bits per heavy atom. The molecule has 2 atom stereocenters. The predicted octanol–water partition coefficient (Wildman–Crippen LogP) is -0.00290. The lowest BCUT2D eigenvalue weighted by Gasteiger charge is -2.16. The van der Waals surface area contributed by atoms with Gasteiger partial charge in [-0.3, -0.25) is 4.79 Å². The van der Waals surface area contributed by atoms with E-state index in [1.54, 1.807) is 14.2 Å². The second-order valence-electron chi connectivity index (χ2n) is 5.20. The Morgan fingerprint density at radius 2 is 2.10 bits per heavy atom. The van der Waals surface area contributed by atoms with E-state index in [2.05, 4.69) is 12.4 Å². The van der Waals surface area contributed by atoms with Gasteiger partial charge in [-0.2, -0.15) is 0 Å². The molecule has 0 spiro atoms. The summed E-state index contributed by atoms with van der Waals surface area (Å²) in [5, 5.41) is 3.00. The highest BCUT2D eigenvalue weighted by atomic mass is 16.5. The highest BCUT2D eigenvalue weighted by Gasteiger charge is 2.31. The Kier molecular flexibility index (Phi) is 4.84. The number of hydrogen-bond acceptors (Lipinski definition) is 3. The zero-order valence-electron chi connectivity index (χ0n) is 12.4. The third-order valence-electron chi connectivity index (χ3n) is 3.89. The van der Waals surface area contributed by atoms with Gasteiger partial charge in [0.1, 0.15) is 0 Å². The minimum absolute atomic E-state index is 0.0927. The molecule has 0 aliphatic carbocycles. The van der Waals surface area contributed by atoms with Crippen LogP contribution in [0.4, 0.5) is 0 Å². The van der Waals surface area contributed by atoms with Crippen LogP contribution in [0, 0.1) is 0 Å². The van der Waals surface area contributed by atoms with Crippen molar-refractivity contribution in [1.82, 2.24) is 5.32 Å². The number of methoxy groups -OCH3 is 2. The van der Waals surface area contributed by atoms with Crippen LogP contribution in [0.5, 0.6) is 11.5 Å². The van der Waals surface area contributed by atoms with Gasteiger partial charge in [-0.25, -0.2) is 0 Å². The van der Waals surface area contributed by atoms with Crippen LogP contribution in [0.2, 0.25) is 0 Å². The molecule has 2 unspecified atom stereocenters. The summed E-state index contributed by atoms with van der Waals surface area (Å²) < 4.78 is 10.5. The zero-order chi connectivity index (χ0) is 14.5. The van der Waals surface area contributed by atoms with Crippen LogP contribution in [0.3, 0.4) is 0 Å². The standard InChI is InChI=1S/C15H22N2O3/c1-17-8-4-5-12(17)15(18)16-10-11-6-7-13(19-2)14(9-11)20-3/h6-7,9,12H,4-5,8,10H2,1-3H3,(H,16,18)/p+1. The molecule has 5 heteroatoms. The number of quaternary nitrogens is 1. The Balaban J connectivity index is 1.95. The van der Waals surface area contributed by atoms with Crippen molar-refractivity contribution in [2.45, 2.75) is 25.4 Å². The maximum Gasteiger partial charge on any atom is 0.278 e. The second-order valence-corrected chi connectivity index (χ2v) is 5.20. The number of likely N-dealkylation sites (N-methyl/N-ethyl adjacent to an activating group) is 1. The van der Waals surface area contributed by atoms with E-state index >= 15 is 0 Å². The summed E-state index contributed by atoms with van der Waals surface area (Å²) >= 11 is 0. The van der Waals surface area contributed by atoms with Crippen LogP contribution in [-0.4, -0.2) is 39.8 Å². The number of carbonyl (C=O) groups excluding carboxylic acids is 1. The largest absolute Gasteiger partial charge is 0.493 e. The van der Waals surface area contributed by atoms with Crippen LogP contribution in [-0.2, 0) is 11.3 Å². The lowest BCUT2D eigenvalue weighted by molar-refractivity contribution is -0.882. The summed E-state index contributed by atoms with van der Waals surface area (Å²) in [5.41, 5.74) is 1.01. The fraction of sp³-hybridized carbons (Fsp3) is 0.533. The number of carbonyl (C=O) groups is 1. The minimum atomic E-state index is 0.0927. The van der Waals surface area contributed by atoms with E-state index < -0.39 is 0 Å². The lowest BCUT2D eigenvalue weighted by atomic mass is 10.1. The maximum absolute atomic E-state index is 12.1. The molecule has 1 aliphatic rings. The van der Waals surface area contributed by atoms with Crippen molar-refractivity contribution in [2.24, 2.45) is 0 Å². The van der Waals surface area contributed by atoms with Gasteiger partial charge >= 0.3 is 0 Å². The predicted molar refractivity (Wildman–Crippen MR) is 76.2 cm³/mol. The first-order chi connectivity index (χ1) is 9.65. The Labute approximate surface area is 119 Å². The zero-order valence-corrected chi connectivity index (χ0v) is 12.4. The van der Waals surface area contributed by atoms with Gasteiger partial charge in [-0.05, 0) is 17.7 Å². The van der Waals surface area contributed by atoms with Crippen LogP contribution in [0.25, 0.3) is 0 Å². The van der Waals surface area contributed by atoms with E-state index in [-0.39, 0.29) is 11.9 Å². The number of hydrogen-bond donors (Lipinski definition) is 2. The fourth-order valence-corrected chi connectivity index (χ4v) is 2.66. The van der Waals surface area contributed by atoms with Crippen molar-refractivity contribution in [3.8, 4) is 11.5 Å². The van der Waals surface area contributed by atoms with Crippen molar-refractivity contribution in [3.05, 3.63) is 23.8 Å². The monoisotopic (exact) mass is 279 g/mol. The molecule has 0 bridgehead atoms. The van der Waals surface area contributed by atoms with Crippen molar-refractivity contribution >= 4 is 5.91 Å². The average Bonchev–Trinajstić information content (AvgIpc) is 2.90. The normalized spacial score (nSPS) is 21.6. The molecule has 2 N–H and O–H groups in total. The van der Waals surface area contributed by atoms with Gasteiger partial charge in [0.25, 0.3) is 5.91 Å². The summed E-state index contributed by atoms with van der Waals surface area (Å²) in [5.74, 6) is 1.51. The smallest absolute Gasteiger partial charge is 0.278 e. The Bertz CT molecular complexity index is 476. The molecular weight excluding hydrogens is 256 g/mol. The van der Waals surface area contributed by atoms with Gasteiger partial charge < -0.3 is 19.7 Å². The van der Waals surface area contributed by atoms with Crippen molar-refractivity contribution < 1.29 is 19.2 Å². The molecule has 1 aromatic carbocycles. The highest BCUT2D eigenvalue weighted by molar-refractivity contribution is 5.80. The summed E-state index contributed by atoms with van der Waals surface area (Å²) in [7, 11) is 5.29. The number of ether oxygens (including phenoxy) is 2. The molecule has 20 heavy (non-hydrogen) atoms. The molecule has 1 fully saturated rings. The molecule has 5 nitrogen and oxygen atoms in total. The van der Waals surface area contributed by atoms with E-state index in [9.17, 15) is 4.79 Å². The molecule has 1 aromatic rings. The lowest BCUT2D eigenvalue weighted by Crippen LogP contribution is -3.12. The quantitative estimate of drug-likeness (QED) is 0.797. The van der Waals surface area contributed by atoms with Gasteiger partial charge in [0.05, 0.1) is 27.8 Å². The van der Waals surface area contributed by atoms with Crippen LogP contribution < -0.4 is 19.7 Å². The summed E-state index contributed by atoms with van der Waals surface area (Å²) in [6.45, 7) is 1.59. The van der Waals surface area contributed by atoms with Crippen LogP contribution >= 0.6 is 0 Å². The molecular formula is C15H23N2O3+. The molecule has 2 rings (SSSR count). The van der Waals surface area contributed by atoms with Gasteiger partial charge in [-0.1, -0.05) is 6.07 Å². The Hall–Kier alpha value is -1.75. The van der Waals surface area contributed by atoms with Gasteiger partial charge in [0, 0.05) is 19.4 Å². The Morgan fingerprint density at radius 1 is 1.35 bits per heavy atom. The van der Waals surface area contributed by atoms with Crippen LogP contribution in [0.15, 0.2) is 18.2 Å². The van der Waals surface area contributed by atoms with E-state index in [0.29, 0.717) is 18.0 Å². The fourth-order valence-electron chi connectivity index (χ4n) is 2.66. The molecule has 1 heterocycles.